The number of benzene rings is 3. The second kappa shape index (κ2) is 18.7. The van der Waals surface area contributed by atoms with Crippen LogP contribution in [-0.2, 0) is 20.7 Å². The van der Waals surface area contributed by atoms with Gasteiger partial charge in [0.1, 0.15) is 0 Å². The Hall–Kier alpha value is -1.48. The normalized spacial score (nSPS) is 20.9. The Morgan fingerprint density at radius 3 is 1.46 bits per heavy atom. The predicted molar refractivity (Wildman–Crippen MR) is 129 cm³/mol. The molecule has 0 radical (unpaired) electrons. The molecule has 4 rings (SSSR count). The van der Waals surface area contributed by atoms with Gasteiger partial charge in [0.15, 0.2) is 0 Å². The summed E-state index contributed by atoms with van der Waals surface area (Å²) in [4.78, 5) is 0. The summed E-state index contributed by atoms with van der Waals surface area (Å²) < 4.78 is 21.1. The topological polar surface area (TPSA) is 55.0 Å². The zero-order valence-corrected chi connectivity index (χ0v) is 24.3. The van der Waals surface area contributed by atoms with Crippen LogP contribution >= 0.6 is 0 Å². The molecule has 0 aromatic heterocycles. The third kappa shape index (κ3) is 11.8. The number of nitrogens with one attached hydrogen (secondary N) is 2. The fourth-order valence-corrected chi connectivity index (χ4v) is 4.30. The van der Waals surface area contributed by atoms with Gasteiger partial charge in [-0.05, 0) is 0 Å². The van der Waals surface area contributed by atoms with E-state index in [1.807, 2.05) is 91.0 Å². The Morgan fingerprint density at radius 2 is 0.973 bits per heavy atom. The number of nitrogens with zero attached hydrogens (tertiary/aromatic N) is 1. The van der Waals surface area contributed by atoms with Gasteiger partial charge in [0.05, 0.1) is 0 Å². The van der Waals surface area contributed by atoms with Crippen molar-refractivity contribution < 1.29 is 72.1 Å². The van der Waals surface area contributed by atoms with Gasteiger partial charge in [-0.15, -0.1) is 0 Å². The van der Waals surface area contributed by atoms with Crippen LogP contribution in [-0.4, -0.2) is 41.7 Å². The van der Waals surface area contributed by atoms with Crippen molar-refractivity contribution in [2.75, 3.05) is 19.6 Å². The van der Waals surface area contributed by atoms with Crippen LogP contribution in [0.2, 0.25) is 0 Å². The van der Waals surface area contributed by atoms with Gasteiger partial charge in [-0.3, -0.25) is 0 Å². The van der Waals surface area contributed by atoms with Crippen molar-refractivity contribution in [1.29, 1.82) is 0 Å². The summed E-state index contributed by atoms with van der Waals surface area (Å²) in [7, 11) is 0. The van der Waals surface area contributed by atoms with Crippen LogP contribution < -0.4 is 62.1 Å². The Morgan fingerprint density at radius 1 is 0.568 bits per heavy atom. The summed E-state index contributed by atoms with van der Waals surface area (Å²) in [5.41, 5.74) is 0. The molecule has 2 N–H and O–H groups in total. The third-order valence-corrected chi connectivity index (χ3v) is 6.38. The zero-order valence-electron chi connectivity index (χ0n) is 20.4. The van der Waals surface area contributed by atoms with Crippen molar-refractivity contribution in [2.45, 2.75) is 37.9 Å². The summed E-state index contributed by atoms with van der Waals surface area (Å²) in [5.74, 6) is 2.60. The van der Waals surface area contributed by atoms with Crippen molar-refractivity contribution >= 4 is 0 Å². The van der Waals surface area contributed by atoms with Gasteiger partial charge >= 0.3 is 215 Å². The third-order valence-electron chi connectivity index (χ3n) is 5.58. The van der Waals surface area contributed by atoms with Crippen LogP contribution in [0, 0.1) is 0 Å². The minimum absolute atomic E-state index is 0. The van der Waals surface area contributed by atoms with Gasteiger partial charge in [-0.2, -0.15) is 0 Å². The van der Waals surface area contributed by atoms with E-state index in [0.717, 1.165) is 56.1 Å². The Bertz CT molecular complexity index is 964. The number of para-hydroxylation sites is 3. The first-order valence-corrected chi connectivity index (χ1v) is 12.6. The molecule has 1 aliphatic heterocycles. The van der Waals surface area contributed by atoms with E-state index in [-0.39, 0.29) is 55.9 Å². The first-order valence-electron chi connectivity index (χ1n) is 11.9. The average Bonchev–Trinajstić information content (AvgIpc) is 2.87. The summed E-state index contributed by atoms with van der Waals surface area (Å²) >= 11 is 2.11. The van der Waals surface area contributed by atoms with Crippen LogP contribution in [0.1, 0.15) is 19.3 Å². The van der Waals surface area contributed by atoms with E-state index in [4.69, 9.17) is 14.2 Å². The van der Waals surface area contributed by atoms with E-state index in [0.29, 0.717) is 0 Å². The van der Waals surface area contributed by atoms with E-state index in [1.165, 1.54) is 0 Å². The molecule has 3 atom stereocenters. The van der Waals surface area contributed by atoms with Crippen molar-refractivity contribution in [2.24, 2.45) is 0 Å². The second-order valence-corrected chi connectivity index (χ2v) is 9.09. The fraction of sp³-hybridized carbons (Fsp3) is 0.333. The van der Waals surface area contributed by atoms with E-state index < -0.39 is 0 Å². The first-order chi connectivity index (χ1) is 16.8. The van der Waals surface area contributed by atoms with E-state index in [9.17, 15) is 0 Å². The van der Waals surface area contributed by atoms with Gasteiger partial charge in [-0.1, -0.05) is 0 Å². The fourth-order valence-electron chi connectivity index (χ4n) is 3.81. The number of hydrogen-bond acceptors (Lipinski definition) is 6. The summed E-state index contributed by atoms with van der Waals surface area (Å²) in [6, 6.07) is 29.9. The molecule has 0 bridgehead atoms. The van der Waals surface area contributed by atoms with E-state index in [1.54, 1.807) is 0 Å². The summed E-state index contributed by atoms with van der Waals surface area (Å²) in [6.07, 6.45) is 2.18. The molecule has 1 fully saturated rings. The van der Waals surface area contributed by atoms with Crippen LogP contribution in [0.25, 0.3) is 0 Å². The molecule has 3 unspecified atom stereocenters. The maximum atomic E-state index is 6.36. The molecular weight excluding hydrogens is 569 g/mol. The number of ether oxygens (including phenoxy) is 3. The minimum atomic E-state index is -0.116. The first kappa shape index (κ1) is 33.6. The molecule has 1 saturated heterocycles. The zero-order chi connectivity index (χ0) is 23.4. The molecule has 1 heterocycles. The molecule has 1 aliphatic rings. The molecule has 6 nitrogen and oxygen atoms in total. The van der Waals surface area contributed by atoms with Crippen LogP contribution in [0.3, 0.4) is 0 Å². The van der Waals surface area contributed by atoms with Gasteiger partial charge in [0.2, 0.25) is 0 Å². The predicted octanol–water partition coefficient (Wildman–Crippen LogP) is -4.66. The van der Waals surface area contributed by atoms with Crippen molar-refractivity contribution in [3.8, 4) is 17.2 Å². The Balaban J connectivity index is 0.00000228. The monoisotopic (exact) mass is 599 g/mol. The summed E-state index contributed by atoms with van der Waals surface area (Å²) in [5, 5.41) is 7.15. The summed E-state index contributed by atoms with van der Waals surface area (Å²) in [6.45, 7) is 2.39. The average molecular weight is 601 g/mol. The van der Waals surface area contributed by atoms with Crippen molar-refractivity contribution in [3.05, 3.63) is 91.0 Å². The quantitative estimate of drug-likeness (QED) is 0.278. The SMILES string of the molecule is [Cl-].[Cl-].[Cl-].[Ti+3][N]1CCC(Oc2ccccc2)NCCC(Oc2ccccc2)NCCC1Oc1ccccc1. The molecule has 198 valence electrons. The molecule has 0 saturated carbocycles. The van der Waals surface area contributed by atoms with Crippen molar-refractivity contribution in [3.63, 3.8) is 0 Å². The van der Waals surface area contributed by atoms with Gasteiger partial charge in [0.25, 0.3) is 0 Å². The molecular formula is C27H32Cl3N3O3Ti. The standard InChI is InChI=1S/C27H32N3O3.3ClH.Ti/c1-4-10-22(11-5-1)31-25-16-19-29-27(33-24-14-8-3-9-15-24)18-21-30-26(17-20-28-25)32-23-12-6-2-7-13-23;;;;/h1-15,25-29H,16-21H2;3*1H;/q-1;;;;+4/p-3. The van der Waals surface area contributed by atoms with E-state index >= 15 is 0 Å². The van der Waals surface area contributed by atoms with Gasteiger partial charge in [-0.25, -0.2) is 0 Å². The molecule has 0 amide bonds. The molecule has 37 heavy (non-hydrogen) atoms. The maximum absolute atomic E-state index is 6.36. The Labute approximate surface area is 250 Å². The number of hydrogen-bond donors (Lipinski definition) is 2. The van der Waals surface area contributed by atoms with E-state index in [2.05, 4.69) is 34.7 Å². The molecule has 0 aliphatic carbocycles. The second-order valence-electron chi connectivity index (χ2n) is 8.19. The Kier molecular flexibility index (Phi) is 17.0. The molecule has 10 heteroatoms. The van der Waals surface area contributed by atoms with Crippen LogP contribution in [0.5, 0.6) is 17.2 Å². The van der Waals surface area contributed by atoms with Crippen LogP contribution in [0.4, 0.5) is 0 Å². The van der Waals surface area contributed by atoms with Gasteiger partial charge < -0.3 is 37.2 Å². The number of rotatable bonds is 6. The van der Waals surface area contributed by atoms with Gasteiger partial charge in [0, 0.05) is 0 Å². The van der Waals surface area contributed by atoms with Crippen LogP contribution in [0.15, 0.2) is 91.0 Å². The molecule has 3 aromatic carbocycles. The molecule has 0 spiro atoms. The molecule has 3 aromatic rings. The van der Waals surface area contributed by atoms with Crippen molar-refractivity contribution in [1.82, 2.24) is 14.0 Å². The number of halogens is 3.